The number of anilines is 1. The Balaban J connectivity index is 1.40. The fraction of sp³-hybridized carbons (Fsp3) is 0.611. The van der Waals surface area contributed by atoms with Crippen molar-refractivity contribution >= 4 is 11.6 Å². The predicted molar refractivity (Wildman–Crippen MR) is 90.2 cm³/mol. The lowest BCUT2D eigenvalue weighted by Gasteiger charge is -2.34. The first-order valence-electron chi connectivity index (χ1n) is 8.52. The van der Waals surface area contributed by atoms with Gasteiger partial charge in [0.25, 0.3) is 0 Å². The third-order valence-corrected chi connectivity index (χ3v) is 4.69. The normalized spacial score (nSPS) is 19.2. The molecule has 0 unspecified atom stereocenters. The van der Waals surface area contributed by atoms with Gasteiger partial charge in [-0.05, 0) is 50.4 Å². The Morgan fingerprint density at radius 2 is 1.82 bits per heavy atom. The lowest BCUT2D eigenvalue weighted by molar-refractivity contribution is -0.122. The van der Waals surface area contributed by atoms with Gasteiger partial charge in [-0.3, -0.25) is 4.79 Å². The Hall–Kier alpha value is -1.55. The van der Waals surface area contributed by atoms with E-state index in [1.54, 1.807) is 0 Å². The maximum Gasteiger partial charge on any atom is 0.223 e. The van der Waals surface area contributed by atoms with Crippen molar-refractivity contribution in [2.75, 3.05) is 44.7 Å². The van der Waals surface area contributed by atoms with Crippen LogP contribution in [0.2, 0.25) is 0 Å². The largest absolute Gasteiger partial charge is 0.369 e. The van der Waals surface area contributed by atoms with Crippen LogP contribution in [0.25, 0.3) is 0 Å². The van der Waals surface area contributed by atoms with Gasteiger partial charge < -0.3 is 15.1 Å². The van der Waals surface area contributed by atoms with Gasteiger partial charge in [0.05, 0.1) is 0 Å². The van der Waals surface area contributed by atoms with E-state index in [1.807, 2.05) is 0 Å². The van der Waals surface area contributed by atoms with E-state index in [0.29, 0.717) is 5.92 Å². The number of carbonyl (C=O) groups excluding carboxylic acids is 1. The summed E-state index contributed by atoms with van der Waals surface area (Å²) >= 11 is 0. The molecule has 1 heterocycles. The zero-order chi connectivity index (χ0) is 15.4. The molecule has 0 bridgehead atoms. The molecule has 1 aromatic rings. The number of hydrogen-bond donors (Lipinski definition) is 1. The van der Waals surface area contributed by atoms with Crippen molar-refractivity contribution in [1.29, 1.82) is 0 Å². The highest BCUT2D eigenvalue weighted by atomic mass is 16.2. The molecule has 0 atom stereocenters. The monoisotopic (exact) mass is 301 g/mol. The summed E-state index contributed by atoms with van der Waals surface area (Å²) in [5.41, 5.74) is 2.69. The maximum absolute atomic E-state index is 11.5. The van der Waals surface area contributed by atoms with Crippen LogP contribution >= 0.6 is 0 Å². The maximum atomic E-state index is 11.5. The number of nitrogens with one attached hydrogen (secondary N) is 1. The lowest BCUT2D eigenvalue weighted by Crippen LogP contribution is -2.44. The molecule has 3 rings (SSSR count). The summed E-state index contributed by atoms with van der Waals surface area (Å²) in [4.78, 5) is 16.4. The van der Waals surface area contributed by atoms with Crippen LogP contribution in [-0.4, -0.2) is 50.6 Å². The topological polar surface area (TPSA) is 35.6 Å². The highest BCUT2D eigenvalue weighted by Gasteiger charge is 2.28. The van der Waals surface area contributed by atoms with Gasteiger partial charge in [-0.1, -0.05) is 12.1 Å². The van der Waals surface area contributed by atoms with Gasteiger partial charge in [-0.25, -0.2) is 0 Å². The van der Waals surface area contributed by atoms with Crippen LogP contribution < -0.4 is 10.2 Å². The Labute approximate surface area is 133 Å². The molecule has 22 heavy (non-hydrogen) atoms. The molecule has 2 fully saturated rings. The quantitative estimate of drug-likeness (QED) is 0.815. The number of piperazine rings is 1. The number of hydrogen-bond acceptors (Lipinski definition) is 3. The highest BCUT2D eigenvalue weighted by molar-refractivity contribution is 5.80. The third kappa shape index (κ3) is 4.23. The molecule has 1 saturated carbocycles. The summed E-state index contributed by atoms with van der Waals surface area (Å²) in [6.45, 7) is 5.31. The molecule has 2 aliphatic rings. The number of rotatable bonds is 6. The van der Waals surface area contributed by atoms with Crippen LogP contribution in [0.15, 0.2) is 24.3 Å². The van der Waals surface area contributed by atoms with E-state index in [1.165, 1.54) is 11.3 Å². The van der Waals surface area contributed by atoms with Crippen molar-refractivity contribution < 1.29 is 4.79 Å². The van der Waals surface area contributed by atoms with E-state index in [4.69, 9.17) is 0 Å². The molecular weight excluding hydrogens is 274 g/mol. The number of likely N-dealkylation sites (N-methyl/N-ethyl adjacent to an activating group) is 1. The van der Waals surface area contributed by atoms with Crippen molar-refractivity contribution in [2.45, 2.75) is 25.7 Å². The Kier molecular flexibility index (Phi) is 4.98. The second kappa shape index (κ2) is 7.14. The summed E-state index contributed by atoms with van der Waals surface area (Å²) < 4.78 is 0. The molecular formula is C18H27N3O. The molecule has 1 saturated heterocycles. The lowest BCUT2D eigenvalue weighted by atomic mass is 10.1. The van der Waals surface area contributed by atoms with Crippen molar-refractivity contribution in [1.82, 2.24) is 10.2 Å². The van der Waals surface area contributed by atoms with Crippen molar-refractivity contribution in [3.05, 3.63) is 29.8 Å². The molecule has 1 amide bonds. The van der Waals surface area contributed by atoms with E-state index in [-0.39, 0.29) is 5.91 Å². The van der Waals surface area contributed by atoms with E-state index >= 15 is 0 Å². The fourth-order valence-electron chi connectivity index (χ4n) is 2.93. The van der Waals surface area contributed by atoms with Crippen LogP contribution in [0.3, 0.4) is 0 Å². The Bertz CT molecular complexity index is 488. The minimum atomic E-state index is 0.255. The smallest absolute Gasteiger partial charge is 0.223 e. The molecule has 1 aromatic carbocycles. The van der Waals surface area contributed by atoms with E-state index < -0.39 is 0 Å². The first kappa shape index (κ1) is 15.3. The van der Waals surface area contributed by atoms with Crippen LogP contribution in [0.5, 0.6) is 0 Å². The fourth-order valence-corrected chi connectivity index (χ4v) is 2.93. The van der Waals surface area contributed by atoms with E-state index in [2.05, 4.69) is 46.4 Å². The number of benzene rings is 1. The average Bonchev–Trinajstić information content (AvgIpc) is 3.38. The van der Waals surface area contributed by atoms with Crippen molar-refractivity contribution in [2.24, 2.45) is 5.92 Å². The van der Waals surface area contributed by atoms with Gasteiger partial charge in [-0.15, -0.1) is 0 Å². The number of aryl methyl sites for hydroxylation is 1. The molecule has 1 aliphatic carbocycles. The Morgan fingerprint density at radius 1 is 1.14 bits per heavy atom. The summed E-state index contributed by atoms with van der Waals surface area (Å²) in [5, 5.41) is 3.03. The third-order valence-electron chi connectivity index (χ3n) is 4.69. The van der Waals surface area contributed by atoms with Crippen LogP contribution in [0.4, 0.5) is 5.69 Å². The number of nitrogens with zero attached hydrogens (tertiary/aromatic N) is 2. The van der Waals surface area contributed by atoms with E-state index in [0.717, 1.165) is 58.4 Å². The van der Waals surface area contributed by atoms with Crippen LogP contribution in [0, 0.1) is 5.92 Å². The number of carbonyl (C=O) groups is 1. The van der Waals surface area contributed by atoms with Crippen LogP contribution in [-0.2, 0) is 11.2 Å². The van der Waals surface area contributed by atoms with Gasteiger partial charge in [-0.2, -0.15) is 0 Å². The molecule has 0 radical (unpaired) electrons. The van der Waals surface area contributed by atoms with Crippen molar-refractivity contribution in [3.63, 3.8) is 0 Å². The average molecular weight is 301 g/mol. The summed E-state index contributed by atoms with van der Waals surface area (Å²) in [7, 11) is 2.18. The van der Waals surface area contributed by atoms with Gasteiger partial charge >= 0.3 is 0 Å². The summed E-state index contributed by atoms with van der Waals surface area (Å²) in [6, 6.07) is 8.94. The first-order chi connectivity index (χ1) is 10.7. The molecule has 1 aliphatic heterocycles. The molecule has 4 nitrogen and oxygen atoms in total. The molecule has 120 valence electrons. The van der Waals surface area contributed by atoms with Gasteiger partial charge in [0.2, 0.25) is 5.91 Å². The van der Waals surface area contributed by atoms with Crippen LogP contribution in [0.1, 0.15) is 24.8 Å². The summed E-state index contributed by atoms with van der Waals surface area (Å²) in [6.07, 6.45) is 4.22. The Morgan fingerprint density at radius 3 is 2.45 bits per heavy atom. The zero-order valence-electron chi connectivity index (χ0n) is 13.6. The number of amides is 1. The molecule has 4 heteroatoms. The molecule has 0 spiro atoms. The van der Waals surface area contributed by atoms with Gasteiger partial charge in [0, 0.05) is 44.3 Å². The van der Waals surface area contributed by atoms with Gasteiger partial charge in [0.15, 0.2) is 0 Å². The summed E-state index contributed by atoms with van der Waals surface area (Å²) in [5.74, 6) is 0.577. The van der Waals surface area contributed by atoms with E-state index in [9.17, 15) is 4.79 Å². The predicted octanol–water partition coefficient (Wildman–Crippen LogP) is 1.90. The van der Waals surface area contributed by atoms with Gasteiger partial charge in [0.1, 0.15) is 0 Å². The van der Waals surface area contributed by atoms with Crippen molar-refractivity contribution in [3.8, 4) is 0 Å². The minimum absolute atomic E-state index is 0.255. The standard InChI is InChI=1S/C18H27N3O/c1-20-11-13-21(14-12-20)17-8-4-15(5-9-17)3-2-10-19-18(22)16-6-7-16/h4-5,8-9,16H,2-3,6-7,10-14H2,1H3,(H,19,22). The zero-order valence-corrected chi connectivity index (χ0v) is 13.6. The molecule has 1 N–H and O–H groups in total. The molecule has 0 aromatic heterocycles. The minimum Gasteiger partial charge on any atom is -0.369 e. The SMILES string of the molecule is CN1CCN(c2ccc(CCCNC(=O)C3CC3)cc2)CC1. The second-order valence-corrected chi connectivity index (χ2v) is 6.63. The first-order valence-corrected chi connectivity index (χ1v) is 8.52. The highest BCUT2D eigenvalue weighted by Crippen LogP contribution is 2.28. The second-order valence-electron chi connectivity index (χ2n) is 6.63.